The number of alkyl halides is 1. The van der Waals surface area contributed by atoms with Gasteiger partial charge in [-0.25, -0.2) is 0 Å². The summed E-state index contributed by atoms with van der Waals surface area (Å²) in [7, 11) is 0. The van der Waals surface area contributed by atoms with Crippen molar-refractivity contribution < 1.29 is 9.47 Å². The largest absolute Gasteiger partial charge is 0.490 e. The zero-order valence-electron chi connectivity index (χ0n) is 11.9. The van der Waals surface area contributed by atoms with Gasteiger partial charge in [0.15, 0.2) is 11.5 Å². The monoisotopic (exact) mass is 338 g/mol. The second-order valence-corrected chi connectivity index (χ2v) is 7.07. The SMILES string of the molecule is BrC(CC1CCCCC1)c1ccc2c(c1)OCCCO2. The van der Waals surface area contributed by atoms with Crippen LogP contribution in [0.5, 0.6) is 11.5 Å². The Bertz CT molecular complexity index is 441. The lowest BCUT2D eigenvalue weighted by atomic mass is 9.85. The van der Waals surface area contributed by atoms with Crippen LogP contribution in [0.4, 0.5) is 0 Å². The van der Waals surface area contributed by atoms with Crippen LogP contribution < -0.4 is 9.47 Å². The maximum Gasteiger partial charge on any atom is 0.161 e. The van der Waals surface area contributed by atoms with Crippen molar-refractivity contribution in [2.24, 2.45) is 5.92 Å². The summed E-state index contributed by atoms with van der Waals surface area (Å²) >= 11 is 3.87. The molecule has 1 fully saturated rings. The van der Waals surface area contributed by atoms with Gasteiger partial charge in [0.2, 0.25) is 0 Å². The van der Waals surface area contributed by atoms with Gasteiger partial charge in [0.25, 0.3) is 0 Å². The Morgan fingerprint density at radius 2 is 1.75 bits per heavy atom. The number of hydrogen-bond donors (Lipinski definition) is 0. The first-order valence-corrected chi connectivity index (χ1v) is 8.78. The highest BCUT2D eigenvalue weighted by atomic mass is 79.9. The average molecular weight is 339 g/mol. The second-order valence-electron chi connectivity index (χ2n) is 5.96. The van der Waals surface area contributed by atoms with Gasteiger partial charge in [-0.3, -0.25) is 0 Å². The van der Waals surface area contributed by atoms with E-state index in [9.17, 15) is 0 Å². The summed E-state index contributed by atoms with van der Waals surface area (Å²) in [6.07, 6.45) is 9.23. The molecule has 110 valence electrons. The zero-order chi connectivity index (χ0) is 13.8. The van der Waals surface area contributed by atoms with E-state index in [0.29, 0.717) is 4.83 Å². The molecule has 0 aromatic heterocycles. The van der Waals surface area contributed by atoms with Crippen LogP contribution in [0.25, 0.3) is 0 Å². The van der Waals surface area contributed by atoms with E-state index in [1.54, 1.807) is 0 Å². The molecular weight excluding hydrogens is 316 g/mol. The first-order valence-electron chi connectivity index (χ1n) is 7.86. The van der Waals surface area contributed by atoms with Crippen molar-refractivity contribution in [3.63, 3.8) is 0 Å². The van der Waals surface area contributed by atoms with Gasteiger partial charge in [0.1, 0.15) is 0 Å². The Kier molecular flexibility index (Phi) is 4.87. The molecule has 0 spiro atoms. The molecule has 1 atom stereocenters. The maximum atomic E-state index is 5.78. The molecule has 1 aliphatic carbocycles. The Balaban J connectivity index is 1.67. The Morgan fingerprint density at radius 1 is 1.00 bits per heavy atom. The van der Waals surface area contributed by atoms with Crippen LogP contribution in [-0.4, -0.2) is 13.2 Å². The first-order chi connectivity index (χ1) is 9.83. The summed E-state index contributed by atoms with van der Waals surface area (Å²) in [5.41, 5.74) is 1.32. The van der Waals surface area contributed by atoms with Crippen molar-refractivity contribution in [2.45, 2.75) is 49.8 Å². The van der Waals surface area contributed by atoms with Crippen molar-refractivity contribution in [3.8, 4) is 11.5 Å². The highest BCUT2D eigenvalue weighted by Gasteiger charge is 2.20. The van der Waals surface area contributed by atoms with E-state index in [4.69, 9.17) is 9.47 Å². The molecule has 1 saturated carbocycles. The molecule has 1 unspecified atom stereocenters. The number of fused-ring (bicyclic) bond motifs is 1. The summed E-state index contributed by atoms with van der Waals surface area (Å²) in [4.78, 5) is 0.433. The van der Waals surface area contributed by atoms with Gasteiger partial charge in [-0.2, -0.15) is 0 Å². The van der Waals surface area contributed by atoms with Crippen LogP contribution in [0.1, 0.15) is 55.3 Å². The second kappa shape index (κ2) is 6.84. The van der Waals surface area contributed by atoms with Crippen LogP contribution >= 0.6 is 15.9 Å². The summed E-state index contributed by atoms with van der Waals surface area (Å²) in [5, 5.41) is 0. The average Bonchev–Trinajstić information content (AvgIpc) is 2.72. The Morgan fingerprint density at radius 3 is 2.55 bits per heavy atom. The molecule has 1 aromatic rings. The van der Waals surface area contributed by atoms with Gasteiger partial charge in [-0.05, 0) is 30.0 Å². The Hall–Kier alpha value is -0.700. The fourth-order valence-electron chi connectivity index (χ4n) is 3.23. The van der Waals surface area contributed by atoms with E-state index >= 15 is 0 Å². The van der Waals surface area contributed by atoms with Crippen LogP contribution in [0.3, 0.4) is 0 Å². The van der Waals surface area contributed by atoms with Gasteiger partial charge in [0, 0.05) is 11.2 Å². The van der Waals surface area contributed by atoms with E-state index in [-0.39, 0.29) is 0 Å². The minimum Gasteiger partial charge on any atom is -0.490 e. The molecule has 1 heterocycles. The minimum absolute atomic E-state index is 0.433. The molecule has 0 saturated heterocycles. The highest BCUT2D eigenvalue weighted by Crippen LogP contribution is 2.39. The fourth-order valence-corrected chi connectivity index (χ4v) is 4.04. The number of rotatable bonds is 3. The zero-order valence-corrected chi connectivity index (χ0v) is 13.5. The predicted octanol–water partition coefficient (Wildman–Crippen LogP) is 5.25. The number of halogens is 1. The molecule has 2 aliphatic rings. The lowest BCUT2D eigenvalue weighted by Gasteiger charge is -2.24. The van der Waals surface area contributed by atoms with Gasteiger partial charge in [-0.1, -0.05) is 54.1 Å². The number of ether oxygens (including phenoxy) is 2. The van der Waals surface area contributed by atoms with E-state index in [0.717, 1.165) is 37.1 Å². The molecular formula is C17H23BrO2. The van der Waals surface area contributed by atoms with Crippen molar-refractivity contribution in [1.82, 2.24) is 0 Å². The van der Waals surface area contributed by atoms with E-state index < -0.39 is 0 Å². The lowest BCUT2D eigenvalue weighted by molar-refractivity contribution is 0.297. The standard InChI is InChI=1S/C17H23BrO2/c18-15(11-13-5-2-1-3-6-13)14-7-8-16-17(12-14)20-10-4-9-19-16/h7-8,12-13,15H,1-6,9-11H2. The summed E-state index contributed by atoms with van der Waals surface area (Å²) in [6, 6.07) is 6.39. The van der Waals surface area contributed by atoms with E-state index in [1.807, 2.05) is 0 Å². The van der Waals surface area contributed by atoms with Gasteiger partial charge in [-0.15, -0.1) is 0 Å². The summed E-state index contributed by atoms with van der Waals surface area (Å²) in [5.74, 6) is 2.68. The maximum absolute atomic E-state index is 5.78. The van der Waals surface area contributed by atoms with Crippen LogP contribution in [0.2, 0.25) is 0 Å². The van der Waals surface area contributed by atoms with Crippen molar-refractivity contribution >= 4 is 15.9 Å². The Labute approximate surface area is 130 Å². The third-order valence-corrected chi connectivity index (χ3v) is 5.30. The van der Waals surface area contributed by atoms with Crippen molar-refractivity contribution in [3.05, 3.63) is 23.8 Å². The smallest absolute Gasteiger partial charge is 0.161 e. The van der Waals surface area contributed by atoms with Crippen LogP contribution in [0, 0.1) is 5.92 Å². The molecule has 0 amide bonds. The normalized spacial score (nSPS) is 21.2. The molecule has 0 bridgehead atoms. The first kappa shape index (κ1) is 14.2. The van der Waals surface area contributed by atoms with Crippen molar-refractivity contribution in [2.75, 3.05) is 13.2 Å². The highest BCUT2D eigenvalue weighted by molar-refractivity contribution is 9.09. The summed E-state index contributed by atoms with van der Waals surface area (Å²) in [6.45, 7) is 1.51. The minimum atomic E-state index is 0.433. The third kappa shape index (κ3) is 3.49. The van der Waals surface area contributed by atoms with Crippen molar-refractivity contribution in [1.29, 1.82) is 0 Å². The van der Waals surface area contributed by atoms with Crippen LogP contribution in [0.15, 0.2) is 18.2 Å². The molecule has 20 heavy (non-hydrogen) atoms. The third-order valence-electron chi connectivity index (χ3n) is 4.40. The number of hydrogen-bond acceptors (Lipinski definition) is 2. The molecule has 2 nitrogen and oxygen atoms in total. The molecule has 0 N–H and O–H groups in total. The van der Waals surface area contributed by atoms with Gasteiger partial charge >= 0.3 is 0 Å². The summed E-state index contributed by atoms with van der Waals surface area (Å²) < 4.78 is 11.5. The quantitative estimate of drug-likeness (QED) is 0.700. The molecule has 0 radical (unpaired) electrons. The fraction of sp³-hybridized carbons (Fsp3) is 0.647. The van der Waals surface area contributed by atoms with E-state index in [1.165, 1.54) is 44.1 Å². The topological polar surface area (TPSA) is 18.5 Å². The van der Waals surface area contributed by atoms with E-state index in [2.05, 4.69) is 34.1 Å². The van der Waals surface area contributed by atoms with Gasteiger partial charge in [0.05, 0.1) is 13.2 Å². The van der Waals surface area contributed by atoms with Crippen LogP contribution in [-0.2, 0) is 0 Å². The molecule has 1 aliphatic heterocycles. The number of benzene rings is 1. The van der Waals surface area contributed by atoms with Gasteiger partial charge < -0.3 is 9.47 Å². The predicted molar refractivity (Wildman–Crippen MR) is 84.9 cm³/mol. The molecule has 1 aromatic carbocycles. The molecule has 3 heteroatoms. The lowest BCUT2D eigenvalue weighted by Crippen LogP contribution is -2.08. The molecule has 3 rings (SSSR count).